The average molecular weight is 286 g/mol. The predicted molar refractivity (Wildman–Crippen MR) is 67.2 cm³/mol. The molecule has 0 aliphatic heterocycles. The number of hydrogen-bond acceptors (Lipinski definition) is 3. The van der Waals surface area contributed by atoms with Crippen LogP contribution in [0.2, 0.25) is 0 Å². The summed E-state index contributed by atoms with van der Waals surface area (Å²) in [6.07, 6.45) is 0.394. The Kier molecular flexibility index (Phi) is 5.49. The van der Waals surface area contributed by atoms with Crippen molar-refractivity contribution < 1.29 is 9.53 Å². The third kappa shape index (κ3) is 3.94. The number of ether oxygens (including phenoxy) is 1. The van der Waals surface area contributed by atoms with Crippen molar-refractivity contribution >= 4 is 21.9 Å². The predicted octanol–water partition coefficient (Wildman–Crippen LogP) is 2.66. The highest BCUT2D eigenvalue weighted by Crippen LogP contribution is 2.22. The molecule has 0 fully saturated rings. The average Bonchev–Trinajstić information content (AvgIpc) is 2.29. The molecule has 1 N–H and O–H groups in total. The second-order valence-electron chi connectivity index (χ2n) is 3.52. The first-order valence-corrected chi connectivity index (χ1v) is 5.99. The summed E-state index contributed by atoms with van der Waals surface area (Å²) in [6, 6.07) is 8.25. The Hall–Kier alpha value is -0.870. The highest BCUT2D eigenvalue weighted by atomic mass is 79.9. The summed E-state index contributed by atoms with van der Waals surface area (Å²) in [6.45, 7) is 2.69. The fourth-order valence-electron chi connectivity index (χ4n) is 1.43. The van der Waals surface area contributed by atoms with E-state index < -0.39 is 0 Å². The zero-order valence-electron chi connectivity index (χ0n) is 9.50. The van der Waals surface area contributed by atoms with Gasteiger partial charge in [-0.1, -0.05) is 34.1 Å². The lowest BCUT2D eigenvalue weighted by molar-refractivity contribution is -0.140. The molecule has 3 nitrogen and oxygen atoms in total. The number of carbonyl (C=O) groups excluding carboxylic acids is 1. The lowest BCUT2D eigenvalue weighted by Gasteiger charge is -2.15. The summed E-state index contributed by atoms with van der Waals surface area (Å²) in [4.78, 5) is 10.9. The molecule has 1 rings (SSSR count). The molecule has 0 aliphatic rings. The third-order valence-electron chi connectivity index (χ3n) is 2.38. The second kappa shape index (κ2) is 6.66. The molecule has 88 valence electrons. The summed E-state index contributed by atoms with van der Waals surface area (Å²) in [5.74, 6) is -0.188. The van der Waals surface area contributed by atoms with E-state index in [0.29, 0.717) is 13.0 Å². The zero-order chi connectivity index (χ0) is 12.0. The first-order valence-electron chi connectivity index (χ1n) is 5.19. The smallest absolute Gasteiger partial charge is 0.306 e. The molecule has 0 saturated carbocycles. The molecule has 0 aromatic heterocycles. The van der Waals surface area contributed by atoms with E-state index in [1.54, 1.807) is 0 Å². The van der Waals surface area contributed by atoms with E-state index >= 15 is 0 Å². The molecule has 1 aromatic rings. The van der Waals surface area contributed by atoms with Crippen molar-refractivity contribution in [1.82, 2.24) is 5.32 Å². The molecule has 0 bridgehead atoms. The van der Waals surface area contributed by atoms with Gasteiger partial charge in [0.2, 0.25) is 0 Å². The Morgan fingerprint density at radius 1 is 1.50 bits per heavy atom. The lowest BCUT2D eigenvalue weighted by Crippen LogP contribution is -2.22. The van der Waals surface area contributed by atoms with Crippen LogP contribution in [0.15, 0.2) is 28.7 Å². The minimum atomic E-state index is -0.188. The van der Waals surface area contributed by atoms with Gasteiger partial charge >= 0.3 is 5.97 Å². The number of hydrogen-bond donors (Lipinski definition) is 1. The molecule has 4 heteroatoms. The van der Waals surface area contributed by atoms with Crippen LogP contribution >= 0.6 is 15.9 Å². The molecule has 0 radical (unpaired) electrons. The normalized spacial score (nSPS) is 12.2. The summed E-state index contributed by atoms with van der Waals surface area (Å²) in [5, 5.41) is 3.27. The Bertz CT molecular complexity index is 355. The van der Waals surface area contributed by atoms with Crippen LogP contribution in [0, 0.1) is 0 Å². The largest absolute Gasteiger partial charge is 0.469 e. The second-order valence-corrected chi connectivity index (χ2v) is 4.38. The van der Waals surface area contributed by atoms with Crippen LogP contribution in [0.25, 0.3) is 0 Å². The molecule has 0 aliphatic carbocycles. The first-order chi connectivity index (χ1) is 7.65. The van der Waals surface area contributed by atoms with Crippen molar-refractivity contribution in [3.05, 3.63) is 34.3 Å². The van der Waals surface area contributed by atoms with Gasteiger partial charge in [0, 0.05) is 17.1 Å². The van der Waals surface area contributed by atoms with Gasteiger partial charge in [-0.3, -0.25) is 4.79 Å². The lowest BCUT2D eigenvalue weighted by atomic mass is 10.1. The maximum atomic E-state index is 10.9. The Balaban J connectivity index is 2.44. The van der Waals surface area contributed by atoms with Gasteiger partial charge in [0.15, 0.2) is 0 Å². The van der Waals surface area contributed by atoms with E-state index in [2.05, 4.69) is 39.0 Å². The fourth-order valence-corrected chi connectivity index (χ4v) is 2.06. The highest BCUT2D eigenvalue weighted by molar-refractivity contribution is 9.10. The van der Waals surface area contributed by atoms with Gasteiger partial charge in [0.25, 0.3) is 0 Å². The Morgan fingerprint density at radius 3 is 2.81 bits per heavy atom. The van der Waals surface area contributed by atoms with Gasteiger partial charge in [-0.2, -0.15) is 0 Å². The summed E-state index contributed by atoms with van der Waals surface area (Å²) < 4.78 is 5.65. The Labute approximate surface area is 104 Å². The van der Waals surface area contributed by atoms with E-state index in [1.807, 2.05) is 18.2 Å². The quantitative estimate of drug-likeness (QED) is 0.846. The number of esters is 1. The fraction of sp³-hybridized carbons (Fsp3) is 0.417. The summed E-state index contributed by atoms with van der Waals surface area (Å²) >= 11 is 3.50. The van der Waals surface area contributed by atoms with Gasteiger partial charge in [-0.15, -0.1) is 0 Å². The molecule has 16 heavy (non-hydrogen) atoms. The van der Waals surface area contributed by atoms with Gasteiger partial charge in [-0.05, 0) is 18.6 Å². The SMILES string of the molecule is COC(=O)CCN[C@@H](C)c1ccccc1Br. The summed E-state index contributed by atoms with van der Waals surface area (Å²) in [5.41, 5.74) is 1.19. The van der Waals surface area contributed by atoms with Crippen molar-refractivity contribution in [1.29, 1.82) is 0 Å². The monoisotopic (exact) mass is 285 g/mol. The number of carbonyl (C=O) groups is 1. The number of methoxy groups -OCH3 is 1. The molecular formula is C12H16BrNO2. The van der Waals surface area contributed by atoms with E-state index in [4.69, 9.17) is 0 Å². The van der Waals surface area contributed by atoms with E-state index in [-0.39, 0.29) is 12.0 Å². The van der Waals surface area contributed by atoms with Gasteiger partial charge in [-0.25, -0.2) is 0 Å². The molecular weight excluding hydrogens is 270 g/mol. The van der Waals surface area contributed by atoms with E-state index in [0.717, 1.165) is 4.47 Å². The van der Waals surface area contributed by atoms with Gasteiger partial charge < -0.3 is 10.1 Å². The molecule has 1 atom stereocenters. The van der Waals surface area contributed by atoms with Crippen LogP contribution in [0.5, 0.6) is 0 Å². The number of rotatable bonds is 5. The van der Waals surface area contributed by atoms with Gasteiger partial charge in [0.1, 0.15) is 0 Å². The van der Waals surface area contributed by atoms with Crippen LogP contribution in [0.4, 0.5) is 0 Å². The topological polar surface area (TPSA) is 38.3 Å². The molecule has 0 heterocycles. The molecule has 1 aromatic carbocycles. The van der Waals surface area contributed by atoms with Crippen LogP contribution in [0.3, 0.4) is 0 Å². The number of nitrogens with one attached hydrogen (secondary N) is 1. The van der Waals surface area contributed by atoms with Crippen LogP contribution in [-0.4, -0.2) is 19.6 Å². The number of halogens is 1. The van der Waals surface area contributed by atoms with Crippen molar-refractivity contribution in [2.45, 2.75) is 19.4 Å². The maximum Gasteiger partial charge on any atom is 0.306 e. The zero-order valence-corrected chi connectivity index (χ0v) is 11.1. The van der Waals surface area contributed by atoms with E-state index in [9.17, 15) is 4.79 Å². The van der Waals surface area contributed by atoms with Crippen molar-refractivity contribution in [2.75, 3.05) is 13.7 Å². The van der Waals surface area contributed by atoms with Crippen molar-refractivity contribution in [3.63, 3.8) is 0 Å². The van der Waals surface area contributed by atoms with E-state index in [1.165, 1.54) is 12.7 Å². The molecule has 0 spiro atoms. The first kappa shape index (κ1) is 13.2. The standard InChI is InChI=1S/C12H16BrNO2/c1-9(14-8-7-12(15)16-2)10-5-3-4-6-11(10)13/h3-6,9,14H,7-8H2,1-2H3/t9-/m0/s1. The molecule has 0 saturated heterocycles. The molecule has 0 unspecified atom stereocenters. The van der Waals surface area contributed by atoms with Crippen LogP contribution in [-0.2, 0) is 9.53 Å². The third-order valence-corrected chi connectivity index (χ3v) is 3.10. The van der Waals surface area contributed by atoms with Crippen molar-refractivity contribution in [2.24, 2.45) is 0 Å². The minimum Gasteiger partial charge on any atom is -0.469 e. The van der Waals surface area contributed by atoms with Crippen molar-refractivity contribution in [3.8, 4) is 0 Å². The minimum absolute atomic E-state index is 0.188. The van der Waals surface area contributed by atoms with Crippen LogP contribution in [0.1, 0.15) is 24.9 Å². The van der Waals surface area contributed by atoms with Crippen LogP contribution < -0.4 is 5.32 Å². The number of benzene rings is 1. The molecule has 0 amide bonds. The van der Waals surface area contributed by atoms with Gasteiger partial charge in [0.05, 0.1) is 13.5 Å². The Morgan fingerprint density at radius 2 is 2.19 bits per heavy atom. The summed E-state index contributed by atoms with van der Waals surface area (Å²) in [7, 11) is 1.40. The highest BCUT2D eigenvalue weighted by Gasteiger charge is 2.08. The maximum absolute atomic E-state index is 10.9.